The summed E-state index contributed by atoms with van der Waals surface area (Å²) in [5, 5.41) is 8.69. The van der Waals surface area contributed by atoms with Crippen LogP contribution in [0.5, 0.6) is 0 Å². The van der Waals surface area contributed by atoms with Crippen LogP contribution in [-0.2, 0) is 4.79 Å². The van der Waals surface area contributed by atoms with Gasteiger partial charge in [-0.1, -0.05) is 18.2 Å². The van der Waals surface area contributed by atoms with Crippen LogP contribution in [0.3, 0.4) is 0 Å². The summed E-state index contributed by atoms with van der Waals surface area (Å²) in [6, 6.07) is 1.85. The Hall–Kier alpha value is -1.56. The zero-order valence-electron chi connectivity index (χ0n) is 7.81. The molecule has 0 spiro atoms. The van der Waals surface area contributed by atoms with Gasteiger partial charge in [0.2, 0.25) is 0 Å². The van der Waals surface area contributed by atoms with E-state index in [1.165, 1.54) is 6.42 Å². The van der Waals surface area contributed by atoms with Gasteiger partial charge >= 0.3 is 0 Å². The lowest BCUT2D eigenvalue weighted by molar-refractivity contribution is -0.114. The van der Waals surface area contributed by atoms with E-state index in [-0.39, 0.29) is 5.57 Å². The fourth-order valence-corrected chi connectivity index (χ4v) is 2.40. The summed E-state index contributed by atoms with van der Waals surface area (Å²) in [6.45, 7) is 0. The molecule has 1 amide bonds. The van der Waals surface area contributed by atoms with Gasteiger partial charge in [0.25, 0.3) is 5.91 Å². The van der Waals surface area contributed by atoms with Crippen LogP contribution in [-0.4, -0.2) is 5.91 Å². The molecular formula is C11H12N2O. The van der Waals surface area contributed by atoms with E-state index in [1.54, 1.807) is 6.08 Å². The predicted molar refractivity (Wildman–Crippen MR) is 51.7 cm³/mol. The van der Waals surface area contributed by atoms with Gasteiger partial charge in [0.15, 0.2) is 0 Å². The number of hydrogen-bond donors (Lipinski definition) is 1. The predicted octanol–water partition coefficient (Wildman–Crippen LogP) is 1.13. The van der Waals surface area contributed by atoms with Gasteiger partial charge < -0.3 is 5.73 Å². The highest BCUT2D eigenvalue weighted by molar-refractivity contribution is 5.95. The van der Waals surface area contributed by atoms with Crippen LogP contribution >= 0.6 is 0 Å². The van der Waals surface area contributed by atoms with Gasteiger partial charge in [-0.15, -0.1) is 0 Å². The van der Waals surface area contributed by atoms with Crippen LogP contribution < -0.4 is 5.73 Å². The first-order valence-corrected chi connectivity index (χ1v) is 4.80. The lowest BCUT2D eigenvalue weighted by Gasteiger charge is -2.13. The van der Waals surface area contributed by atoms with Crippen LogP contribution in [0.15, 0.2) is 23.8 Å². The molecule has 0 aromatic rings. The standard InChI is InChI=1S/C11H12N2O/c12-6-10(11(13)14)5-9-4-7-1-2-8(9)3-7/h1-2,5,7-9H,3-4H2,(H2,13,14)/b10-5-/t7-,8+,9-/m0/s1. The maximum Gasteiger partial charge on any atom is 0.259 e. The molecule has 3 nitrogen and oxygen atoms in total. The SMILES string of the molecule is N#C/C(=C/[C@@H]1C[C@H]2C=C[C@@H]1C2)C(N)=O. The highest BCUT2D eigenvalue weighted by Crippen LogP contribution is 2.44. The van der Waals surface area contributed by atoms with Crippen molar-refractivity contribution in [1.82, 2.24) is 0 Å². The summed E-state index contributed by atoms with van der Waals surface area (Å²) in [6.07, 6.45) is 8.38. The Morgan fingerprint density at radius 3 is 2.71 bits per heavy atom. The van der Waals surface area contributed by atoms with Gasteiger partial charge in [-0.25, -0.2) is 0 Å². The normalized spacial score (nSPS) is 34.5. The molecule has 3 atom stereocenters. The van der Waals surface area contributed by atoms with E-state index in [9.17, 15) is 4.79 Å². The fourth-order valence-electron chi connectivity index (χ4n) is 2.40. The number of amides is 1. The Kier molecular flexibility index (Phi) is 2.12. The molecule has 0 aliphatic heterocycles. The maximum absolute atomic E-state index is 10.8. The van der Waals surface area contributed by atoms with Crippen LogP contribution in [0.1, 0.15) is 12.8 Å². The van der Waals surface area contributed by atoms with Gasteiger partial charge in [-0.3, -0.25) is 4.79 Å². The Balaban J connectivity index is 2.15. The number of fused-ring (bicyclic) bond motifs is 2. The number of allylic oxidation sites excluding steroid dienone is 3. The van der Waals surface area contributed by atoms with Crippen molar-refractivity contribution in [3.05, 3.63) is 23.8 Å². The molecule has 2 bridgehead atoms. The van der Waals surface area contributed by atoms with Crippen molar-refractivity contribution >= 4 is 5.91 Å². The summed E-state index contributed by atoms with van der Waals surface area (Å²) in [4.78, 5) is 10.8. The van der Waals surface area contributed by atoms with Gasteiger partial charge in [0, 0.05) is 0 Å². The highest BCUT2D eigenvalue weighted by atomic mass is 16.1. The topological polar surface area (TPSA) is 66.9 Å². The minimum Gasteiger partial charge on any atom is -0.365 e. The second-order valence-electron chi connectivity index (χ2n) is 4.00. The molecule has 0 unspecified atom stereocenters. The summed E-state index contributed by atoms with van der Waals surface area (Å²) in [5.41, 5.74) is 5.18. The van der Waals surface area contributed by atoms with Gasteiger partial charge in [-0.2, -0.15) is 5.26 Å². The molecule has 2 N–H and O–H groups in total. The second-order valence-corrected chi connectivity index (χ2v) is 4.00. The molecule has 1 saturated carbocycles. The minimum atomic E-state index is -0.612. The quantitative estimate of drug-likeness (QED) is 0.401. The van der Waals surface area contributed by atoms with Crippen LogP contribution in [0.2, 0.25) is 0 Å². The van der Waals surface area contributed by atoms with Gasteiger partial charge in [-0.05, 0) is 30.6 Å². The Morgan fingerprint density at radius 2 is 2.29 bits per heavy atom. The molecule has 2 aliphatic carbocycles. The second kappa shape index (κ2) is 3.30. The van der Waals surface area contributed by atoms with Crippen molar-refractivity contribution < 1.29 is 4.79 Å². The van der Waals surface area contributed by atoms with E-state index in [4.69, 9.17) is 11.0 Å². The maximum atomic E-state index is 10.8. The first-order chi connectivity index (χ1) is 6.70. The summed E-state index contributed by atoms with van der Waals surface area (Å²) in [5.74, 6) is 0.892. The Morgan fingerprint density at radius 1 is 1.50 bits per heavy atom. The summed E-state index contributed by atoms with van der Waals surface area (Å²) < 4.78 is 0. The molecule has 0 heterocycles. The highest BCUT2D eigenvalue weighted by Gasteiger charge is 2.34. The van der Waals surface area contributed by atoms with Crippen molar-refractivity contribution in [3.63, 3.8) is 0 Å². The van der Waals surface area contributed by atoms with Crippen molar-refractivity contribution in [2.24, 2.45) is 23.5 Å². The van der Waals surface area contributed by atoms with E-state index in [0.29, 0.717) is 17.8 Å². The van der Waals surface area contributed by atoms with E-state index in [1.807, 2.05) is 6.07 Å². The number of nitrogens with zero attached hydrogens (tertiary/aromatic N) is 1. The third kappa shape index (κ3) is 1.44. The van der Waals surface area contributed by atoms with E-state index in [0.717, 1.165) is 6.42 Å². The molecular weight excluding hydrogens is 176 g/mol. The average Bonchev–Trinajstić information content (AvgIpc) is 2.74. The first-order valence-electron chi connectivity index (χ1n) is 4.80. The van der Waals surface area contributed by atoms with Crippen LogP contribution in [0, 0.1) is 29.1 Å². The number of primary amides is 1. The zero-order chi connectivity index (χ0) is 10.1. The van der Waals surface area contributed by atoms with Crippen molar-refractivity contribution in [2.75, 3.05) is 0 Å². The van der Waals surface area contributed by atoms with Crippen LogP contribution in [0.25, 0.3) is 0 Å². The Bertz CT molecular complexity index is 362. The van der Waals surface area contributed by atoms with Crippen molar-refractivity contribution in [3.8, 4) is 6.07 Å². The molecule has 0 aromatic carbocycles. The Labute approximate surface area is 82.9 Å². The lowest BCUT2D eigenvalue weighted by Crippen LogP contribution is -2.15. The summed E-state index contributed by atoms with van der Waals surface area (Å²) >= 11 is 0. The van der Waals surface area contributed by atoms with Crippen molar-refractivity contribution in [2.45, 2.75) is 12.8 Å². The minimum absolute atomic E-state index is 0.107. The molecule has 3 heteroatoms. The lowest BCUT2D eigenvalue weighted by atomic mass is 9.91. The molecule has 0 aromatic heterocycles. The fraction of sp³-hybridized carbons (Fsp3) is 0.455. The van der Waals surface area contributed by atoms with Gasteiger partial charge in [0.1, 0.15) is 11.6 Å². The number of nitriles is 1. The van der Waals surface area contributed by atoms with E-state index in [2.05, 4.69) is 12.2 Å². The van der Waals surface area contributed by atoms with Gasteiger partial charge in [0.05, 0.1) is 0 Å². The first kappa shape index (κ1) is 9.01. The smallest absolute Gasteiger partial charge is 0.259 e. The monoisotopic (exact) mass is 188 g/mol. The molecule has 2 aliphatic rings. The zero-order valence-corrected chi connectivity index (χ0v) is 7.81. The van der Waals surface area contributed by atoms with E-state index >= 15 is 0 Å². The van der Waals surface area contributed by atoms with Crippen LogP contribution in [0.4, 0.5) is 0 Å². The largest absolute Gasteiger partial charge is 0.365 e. The molecule has 0 saturated heterocycles. The molecule has 0 radical (unpaired) electrons. The number of carbonyl (C=O) groups is 1. The summed E-state index contributed by atoms with van der Waals surface area (Å²) in [7, 11) is 0. The molecule has 14 heavy (non-hydrogen) atoms. The number of hydrogen-bond acceptors (Lipinski definition) is 2. The third-order valence-corrected chi connectivity index (χ3v) is 3.10. The number of carbonyl (C=O) groups excluding carboxylic acids is 1. The number of nitrogens with two attached hydrogens (primary N) is 1. The molecule has 72 valence electrons. The third-order valence-electron chi connectivity index (χ3n) is 3.10. The molecule has 1 fully saturated rings. The number of rotatable bonds is 2. The average molecular weight is 188 g/mol. The van der Waals surface area contributed by atoms with E-state index < -0.39 is 5.91 Å². The van der Waals surface area contributed by atoms with Crippen molar-refractivity contribution in [1.29, 1.82) is 5.26 Å². The molecule has 2 rings (SSSR count).